The van der Waals surface area contributed by atoms with E-state index in [2.05, 4.69) is 6.92 Å². The van der Waals surface area contributed by atoms with Crippen LogP contribution in [-0.2, 0) is 26.4 Å². The quantitative estimate of drug-likeness (QED) is 0.856. The zero-order valence-electron chi connectivity index (χ0n) is 14.4. The Labute approximate surface area is 146 Å². The van der Waals surface area contributed by atoms with Crippen LogP contribution in [0.3, 0.4) is 0 Å². The SMILES string of the molecule is CCN(Cc1nc2c(s1)CC(C)CC2)C(=O)c1ccn(C)c(=O)c1. The molecule has 1 aliphatic carbocycles. The highest BCUT2D eigenvalue weighted by molar-refractivity contribution is 7.11. The zero-order valence-corrected chi connectivity index (χ0v) is 15.2. The summed E-state index contributed by atoms with van der Waals surface area (Å²) < 4.78 is 1.46. The van der Waals surface area contributed by atoms with Crippen LogP contribution in [0.4, 0.5) is 0 Å². The van der Waals surface area contributed by atoms with Crippen molar-refractivity contribution in [3.63, 3.8) is 0 Å². The van der Waals surface area contributed by atoms with Gasteiger partial charge in [0.15, 0.2) is 0 Å². The fourth-order valence-corrected chi connectivity index (χ4v) is 4.31. The molecule has 0 radical (unpaired) electrons. The number of fused-ring (bicyclic) bond motifs is 1. The Hall–Kier alpha value is -1.95. The van der Waals surface area contributed by atoms with E-state index in [-0.39, 0.29) is 11.5 Å². The minimum absolute atomic E-state index is 0.114. The van der Waals surface area contributed by atoms with Gasteiger partial charge in [-0.15, -0.1) is 11.3 Å². The molecule has 6 heteroatoms. The van der Waals surface area contributed by atoms with E-state index in [1.807, 2.05) is 6.92 Å². The summed E-state index contributed by atoms with van der Waals surface area (Å²) >= 11 is 1.73. The third-order valence-corrected chi connectivity index (χ3v) is 5.68. The van der Waals surface area contributed by atoms with Gasteiger partial charge in [0.2, 0.25) is 0 Å². The van der Waals surface area contributed by atoms with Crippen molar-refractivity contribution in [2.75, 3.05) is 6.54 Å². The van der Waals surface area contributed by atoms with E-state index < -0.39 is 0 Å². The van der Waals surface area contributed by atoms with Gasteiger partial charge in [-0.25, -0.2) is 4.98 Å². The number of thiazole rings is 1. The smallest absolute Gasteiger partial charge is 0.254 e. The first kappa shape index (κ1) is 16.9. The number of carbonyl (C=O) groups is 1. The summed E-state index contributed by atoms with van der Waals surface area (Å²) in [5.74, 6) is 0.604. The van der Waals surface area contributed by atoms with Crippen molar-refractivity contribution in [2.45, 2.75) is 39.7 Å². The number of hydrogen-bond donors (Lipinski definition) is 0. The minimum Gasteiger partial charge on any atom is -0.332 e. The van der Waals surface area contributed by atoms with Crippen molar-refractivity contribution in [1.29, 1.82) is 0 Å². The van der Waals surface area contributed by atoms with Crippen LogP contribution in [0.25, 0.3) is 0 Å². The van der Waals surface area contributed by atoms with E-state index in [0.717, 1.165) is 23.8 Å². The van der Waals surface area contributed by atoms with Crippen LogP contribution in [0.15, 0.2) is 23.1 Å². The van der Waals surface area contributed by atoms with Gasteiger partial charge in [-0.05, 0) is 38.2 Å². The van der Waals surface area contributed by atoms with Crippen molar-refractivity contribution < 1.29 is 4.79 Å². The molecule has 1 atom stereocenters. The summed E-state index contributed by atoms with van der Waals surface area (Å²) in [6.45, 7) is 5.33. The predicted octanol–water partition coefficient (Wildman–Crippen LogP) is 2.63. The van der Waals surface area contributed by atoms with Crippen molar-refractivity contribution >= 4 is 17.2 Å². The molecule has 3 rings (SSSR count). The first-order valence-corrected chi connectivity index (χ1v) is 9.23. The molecule has 2 aromatic heterocycles. The van der Waals surface area contributed by atoms with Crippen LogP contribution < -0.4 is 5.56 Å². The molecule has 0 saturated heterocycles. The highest BCUT2D eigenvalue weighted by atomic mass is 32.1. The van der Waals surface area contributed by atoms with Gasteiger partial charge in [0.05, 0.1) is 12.2 Å². The largest absolute Gasteiger partial charge is 0.332 e. The molecule has 5 nitrogen and oxygen atoms in total. The Bertz CT molecular complexity index is 809. The van der Waals surface area contributed by atoms with Crippen molar-refractivity contribution in [2.24, 2.45) is 13.0 Å². The van der Waals surface area contributed by atoms with Gasteiger partial charge in [-0.2, -0.15) is 0 Å². The Morgan fingerprint density at radius 1 is 1.50 bits per heavy atom. The van der Waals surface area contributed by atoms with Gasteiger partial charge < -0.3 is 9.47 Å². The average Bonchev–Trinajstić information content (AvgIpc) is 2.96. The average molecular weight is 345 g/mol. The number of nitrogens with zero attached hydrogens (tertiary/aromatic N) is 3. The number of carbonyl (C=O) groups excluding carboxylic acids is 1. The lowest BCUT2D eigenvalue weighted by Crippen LogP contribution is -2.31. The van der Waals surface area contributed by atoms with E-state index in [9.17, 15) is 9.59 Å². The molecule has 0 bridgehead atoms. The van der Waals surface area contributed by atoms with Gasteiger partial charge >= 0.3 is 0 Å². The summed E-state index contributed by atoms with van der Waals surface area (Å²) in [7, 11) is 1.68. The van der Waals surface area contributed by atoms with Crippen LogP contribution in [0.1, 0.15) is 46.2 Å². The number of pyridine rings is 1. The maximum atomic E-state index is 12.7. The molecule has 2 heterocycles. The summed E-state index contributed by atoms with van der Waals surface area (Å²) in [6.07, 6.45) is 4.97. The lowest BCUT2D eigenvalue weighted by atomic mass is 9.93. The molecular weight excluding hydrogens is 322 g/mol. The van der Waals surface area contributed by atoms with E-state index >= 15 is 0 Å². The number of hydrogen-bond acceptors (Lipinski definition) is 4. The first-order chi connectivity index (χ1) is 11.5. The third kappa shape index (κ3) is 3.43. The van der Waals surface area contributed by atoms with Crippen molar-refractivity contribution in [1.82, 2.24) is 14.5 Å². The number of amides is 1. The van der Waals surface area contributed by atoms with Crippen molar-refractivity contribution in [3.05, 3.63) is 49.8 Å². The molecule has 1 aliphatic rings. The lowest BCUT2D eigenvalue weighted by molar-refractivity contribution is 0.0752. The van der Waals surface area contributed by atoms with Gasteiger partial charge in [-0.3, -0.25) is 9.59 Å². The topological polar surface area (TPSA) is 55.2 Å². The van der Waals surface area contributed by atoms with E-state index in [1.54, 1.807) is 35.5 Å². The Morgan fingerprint density at radius 3 is 3.00 bits per heavy atom. The molecule has 0 aromatic carbocycles. The van der Waals surface area contributed by atoms with Gasteiger partial charge in [0.1, 0.15) is 5.01 Å². The Morgan fingerprint density at radius 2 is 2.29 bits per heavy atom. The molecule has 1 unspecified atom stereocenters. The molecule has 1 amide bonds. The molecular formula is C18H23N3O2S. The molecule has 24 heavy (non-hydrogen) atoms. The fourth-order valence-electron chi connectivity index (χ4n) is 3.02. The molecule has 2 aromatic rings. The van der Waals surface area contributed by atoms with Crippen LogP contribution >= 0.6 is 11.3 Å². The monoisotopic (exact) mass is 345 g/mol. The predicted molar refractivity (Wildman–Crippen MR) is 95.4 cm³/mol. The summed E-state index contributed by atoms with van der Waals surface area (Å²) in [5, 5.41) is 0.994. The highest BCUT2D eigenvalue weighted by Gasteiger charge is 2.22. The van der Waals surface area contributed by atoms with E-state index in [4.69, 9.17) is 4.98 Å². The number of rotatable bonds is 4. The van der Waals surface area contributed by atoms with Crippen LogP contribution in [0.2, 0.25) is 0 Å². The third-order valence-electron chi connectivity index (χ3n) is 4.58. The van der Waals surface area contributed by atoms with Crippen LogP contribution in [0.5, 0.6) is 0 Å². The highest BCUT2D eigenvalue weighted by Crippen LogP contribution is 2.30. The second kappa shape index (κ2) is 6.89. The molecule has 0 fully saturated rings. The Kier molecular flexibility index (Phi) is 4.85. The maximum absolute atomic E-state index is 12.7. The van der Waals surface area contributed by atoms with Crippen LogP contribution in [-0.4, -0.2) is 26.9 Å². The number of aryl methyl sites for hydroxylation is 2. The lowest BCUT2D eigenvalue weighted by Gasteiger charge is -2.19. The van der Waals surface area contributed by atoms with Gasteiger partial charge in [-0.1, -0.05) is 6.92 Å². The minimum atomic E-state index is -0.171. The van der Waals surface area contributed by atoms with Crippen molar-refractivity contribution in [3.8, 4) is 0 Å². The molecule has 0 saturated carbocycles. The van der Waals surface area contributed by atoms with E-state index in [0.29, 0.717) is 18.7 Å². The molecule has 0 N–H and O–H groups in total. The second-order valence-corrected chi connectivity index (χ2v) is 7.68. The standard InChI is InChI=1S/C18H23N3O2S/c1-4-21(18(23)13-7-8-20(3)17(22)10-13)11-16-19-14-6-5-12(2)9-15(14)24-16/h7-8,10,12H,4-6,9,11H2,1-3H3. The second-order valence-electron chi connectivity index (χ2n) is 6.51. The number of aromatic nitrogens is 2. The first-order valence-electron chi connectivity index (χ1n) is 8.41. The molecule has 0 aliphatic heterocycles. The molecule has 128 valence electrons. The van der Waals surface area contributed by atoms with Crippen LogP contribution in [0, 0.1) is 5.92 Å². The summed E-state index contributed by atoms with van der Waals surface area (Å²) in [4.78, 5) is 32.3. The Balaban J connectivity index is 1.78. The maximum Gasteiger partial charge on any atom is 0.254 e. The van der Waals surface area contributed by atoms with Gasteiger partial charge in [0.25, 0.3) is 11.5 Å². The zero-order chi connectivity index (χ0) is 17.3. The fraction of sp³-hybridized carbons (Fsp3) is 0.500. The summed E-state index contributed by atoms with van der Waals surface area (Å²) in [6, 6.07) is 3.10. The normalized spacial score (nSPS) is 16.7. The summed E-state index contributed by atoms with van der Waals surface area (Å²) in [5.41, 5.74) is 1.48. The van der Waals surface area contributed by atoms with Gasteiger partial charge in [0, 0.05) is 36.3 Å². The molecule has 0 spiro atoms. The van der Waals surface area contributed by atoms with E-state index in [1.165, 1.54) is 27.6 Å².